The van der Waals surface area contributed by atoms with Crippen molar-refractivity contribution < 1.29 is 9.18 Å². The Bertz CT molecular complexity index is 975. The molecule has 6 heteroatoms. The molecule has 1 aliphatic heterocycles. The minimum atomic E-state index is -0.280. The number of fused-ring (bicyclic) bond motifs is 1. The summed E-state index contributed by atoms with van der Waals surface area (Å²) < 4.78 is 14.7. The maximum absolute atomic E-state index is 13.9. The SMILES string of the molecule is CC(C)c1ccc(NC(=O)C2CCN(c3nc4c(F)cccc4s3)CC2)cc1. The number of hydrogen-bond acceptors (Lipinski definition) is 4. The fourth-order valence-electron chi connectivity index (χ4n) is 3.57. The van der Waals surface area contributed by atoms with Crippen LogP contribution in [0.1, 0.15) is 38.2 Å². The lowest BCUT2D eigenvalue weighted by molar-refractivity contribution is -0.120. The second-order valence-electron chi connectivity index (χ2n) is 7.61. The number of piperidine rings is 1. The molecule has 1 saturated heterocycles. The lowest BCUT2D eigenvalue weighted by Crippen LogP contribution is -2.38. The molecule has 3 aromatic rings. The molecule has 28 heavy (non-hydrogen) atoms. The molecule has 1 aliphatic rings. The van der Waals surface area contributed by atoms with Crippen molar-refractivity contribution in [2.75, 3.05) is 23.3 Å². The van der Waals surface area contributed by atoms with Gasteiger partial charge in [-0.1, -0.05) is 43.4 Å². The zero-order chi connectivity index (χ0) is 19.7. The molecule has 2 aromatic carbocycles. The Morgan fingerprint density at radius 3 is 2.54 bits per heavy atom. The molecular weight excluding hydrogens is 373 g/mol. The summed E-state index contributed by atoms with van der Waals surface area (Å²) in [5.74, 6) is 0.266. The minimum absolute atomic E-state index is 0.00728. The maximum atomic E-state index is 13.9. The Hall–Kier alpha value is -2.47. The minimum Gasteiger partial charge on any atom is -0.348 e. The molecule has 4 rings (SSSR count). The molecule has 0 radical (unpaired) electrons. The van der Waals surface area contributed by atoms with E-state index in [2.05, 4.69) is 41.2 Å². The van der Waals surface area contributed by atoms with Gasteiger partial charge < -0.3 is 10.2 Å². The number of nitrogens with zero attached hydrogens (tertiary/aromatic N) is 2. The Balaban J connectivity index is 1.36. The number of para-hydroxylation sites is 1. The van der Waals surface area contributed by atoms with Crippen LogP contribution in [0.15, 0.2) is 42.5 Å². The molecule has 0 saturated carbocycles. The Labute approximate surface area is 168 Å². The Morgan fingerprint density at radius 2 is 1.89 bits per heavy atom. The van der Waals surface area contributed by atoms with E-state index in [-0.39, 0.29) is 17.6 Å². The second-order valence-corrected chi connectivity index (χ2v) is 8.62. The van der Waals surface area contributed by atoms with E-state index >= 15 is 0 Å². The van der Waals surface area contributed by atoms with Gasteiger partial charge in [0.1, 0.15) is 11.3 Å². The summed E-state index contributed by atoms with van der Waals surface area (Å²) >= 11 is 1.51. The first-order valence-corrected chi connectivity index (χ1v) is 10.5. The molecule has 1 N–H and O–H groups in total. The molecule has 0 atom stereocenters. The van der Waals surface area contributed by atoms with Gasteiger partial charge in [0.25, 0.3) is 0 Å². The van der Waals surface area contributed by atoms with Crippen LogP contribution in [0.4, 0.5) is 15.2 Å². The van der Waals surface area contributed by atoms with Crippen LogP contribution in [-0.4, -0.2) is 24.0 Å². The fourth-order valence-corrected chi connectivity index (χ4v) is 4.60. The number of aromatic nitrogens is 1. The standard InChI is InChI=1S/C22H24FN3OS/c1-14(2)15-6-8-17(9-7-15)24-21(27)16-10-12-26(13-11-16)22-25-20-18(23)4-3-5-19(20)28-22/h3-9,14,16H,10-13H2,1-2H3,(H,24,27). The van der Waals surface area contributed by atoms with Gasteiger partial charge in [-0.15, -0.1) is 0 Å². The lowest BCUT2D eigenvalue weighted by atomic mass is 9.96. The number of amides is 1. The van der Waals surface area contributed by atoms with Crippen LogP contribution in [0.25, 0.3) is 10.2 Å². The molecule has 1 fully saturated rings. The first-order valence-electron chi connectivity index (χ1n) is 9.72. The number of thiazole rings is 1. The lowest BCUT2D eigenvalue weighted by Gasteiger charge is -2.31. The third-order valence-corrected chi connectivity index (χ3v) is 6.42. The van der Waals surface area contributed by atoms with Gasteiger partial charge in [-0.3, -0.25) is 4.79 Å². The predicted molar refractivity (Wildman–Crippen MR) is 114 cm³/mol. The number of carbonyl (C=O) groups excluding carboxylic acids is 1. The number of hydrogen-bond donors (Lipinski definition) is 1. The van der Waals surface area contributed by atoms with E-state index in [9.17, 15) is 9.18 Å². The van der Waals surface area contributed by atoms with Crippen molar-refractivity contribution in [3.8, 4) is 0 Å². The zero-order valence-electron chi connectivity index (χ0n) is 16.1. The molecule has 0 aliphatic carbocycles. The monoisotopic (exact) mass is 397 g/mol. The molecule has 2 heterocycles. The molecule has 0 spiro atoms. The molecule has 0 bridgehead atoms. The van der Waals surface area contributed by atoms with Crippen molar-refractivity contribution in [1.82, 2.24) is 4.98 Å². The van der Waals surface area contributed by atoms with Gasteiger partial charge in [-0.25, -0.2) is 9.37 Å². The van der Waals surface area contributed by atoms with Gasteiger partial charge in [0.15, 0.2) is 5.13 Å². The summed E-state index contributed by atoms with van der Waals surface area (Å²) in [5, 5.41) is 3.88. The molecule has 146 valence electrons. The highest BCUT2D eigenvalue weighted by molar-refractivity contribution is 7.22. The van der Waals surface area contributed by atoms with Gasteiger partial charge in [0, 0.05) is 24.7 Å². The van der Waals surface area contributed by atoms with E-state index in [0.29, 0.717) is 11.4 Å². The number of benzene rings is 2. The second kappa shape index (κ2) is 7.87. The number of nitrogens with one attached hydrogen (secondary N) is 1. The van der Waals surface area contributed by atoms with Gasteiger partial charge in [0.2, 0.25) is 5.91 Å². The van der Waals surface area contributed by atoms with Crippen LogP contribution < -0.4 is 10.2 Å². The van der Waals surface area contributed by atoms with Crippen LogP contribution in [0, 0.1) is 11.7 Å². The van der Waals surface area contributed by atoms with Gasteiger partial charge in [-0.2, -0.15) is 0 Å². The van der Waals surface area contributed by atoms with E-state index < -0.39 is 0 Å². The summed E-state index contributed by atoms with van der Waals surface area (Å²) in [6.07, 6.45) is 1.54. The summed E-state index contributed by atoms with van der Waals surface area (Å²) in [4.78, 5) is 19.2. The average molecular weight is 398 g/mol. The zero-order valence-corrected chi connectivity index (χ0v) is 16.9. The average Bonchev–Trinajstić information content (AvgIpc) is 3.14. The van der Waals surface area contributed by atoms with E-state index in [4.69, 9.17) is 0 Å². The van der Waals surface area contributed by atoms with Crippen LogP contribution >= 0.6 is 11.3 Å². The van der Waals surface area contributed by atoms with Crippen LogP contribution in [0.3, 0.4) is 0 Å². The molecular formula is C22H24FN3OS. The number of rotatable bonds is 4. The van der Waals surface area contributed by atoms with Crippen LogP contribution in [0.2, 0.25) is 0 Å². The molecule has 1 amide bonds. The van der Waals surface area contributed by atoms with Gasteiger partial charge >= 0.3 is 0 Å². The summed E-state index contributed by atoms with van der Waals surface area (Å²) in [6.45, 7) is 5.82. The summed E-state index contributed by atoms with van der Waals surface area (Å²) in [7, 11) is 0. The van der Waals surface area contributed by atoms with Crippen LogP contribution in [0.5, 0.6) is 0 Å². The summed E-state index contributed by atoms with van der Waals surface area (Å²) in [5.41, 5.74) is 2.55. The quantitative estimate of drug-likeness (QED) is 0.640. The van der Waals surface area contributed by atoms with Gasteiger partial charge in [0.05, 0.1) is 4.70 Å². The van der Waals surface area contributed by atoms with Crippen molar-refractivity contribution in [1.29, 1.82) is 0 Å². The molecule has 1 aromatic heterocycles. The van der Waals surface area contributed by atoms with E-state index in [1.54, 1.807) is 6.07 Å². The highest BCUT2D eigenvalue weighted by atomic mass is 32.1. The first-order chi connectivity index (χ1) is 13.5. The van der Waals surface area contributed by atoms with Gasteiger partial charge in [-0.05, 0) is 48.6 Å². The Kier molecular flexibility index (Phi) is 5.31. The number of halogens is 1. The predicted octanol–water partition coefficient (Wildman–Crippen LogP) is 5.41. The van der Waals surface area contributed by atoms with Crippen LogP contribution in [-0.2, 0) is 4.79 Å². The maximum Gasteiger partial charge on any atom is 0.227 e. The van der Waals surface area contributed by atoms with E-state index in [1.165, 1.54) is 23.0 Å². The van der Waals surface area contributed by atoms with Crippen molar-refractivity contribution in [3.63, 3.8) is 0 Å². The van der Waals surface area contributed by atoms with Crippen molar-refractivity contribution >= 4 is 38.3 Å². The smallest absolute Gasteiger partial charge is 0.227 e. The third kappa shape index (κ3) is 3.87. The third-order valence-electron chi connectivity index (χ3n) is 5.34. The molecule has 0 unspecified atom stereocenters. The Morgan fingerprint density at radius 1 is 1.18 bits per heavy atom. The number of carbonyl (C=O) groups is 1. The van der Waals surface area contributed by atoms with Crippen molar-refractivity contribution in [2.45, 2.75) is 32.6 Å². The fraction of sp³-hybridized carbons (Fsp3) is 0.364. The summed E-state index contributed by atoms with van der Waals surface area (Å²) in [6, 6.07) is 13.1. The van der Waals surface area contributed by atoms with E-state index in [0.717, 1.165) is 41.5 Å². The van der Waals surface area contributed by atoms with E-state index in [1.807, 2.05) is 18.2 Å². The highest BCUT2D eigenvalue weighted by Gasteiger charge is 2.26. The molecule has 4 nitrogen and oxygen atoms in total. The largest absolute Gasteiger partial charge is 0.348 e. The number of anilines is 2. The highest BCUT2D eigenvalue weighted by Crippen LogP contribution is 2.32. The van der Waals surface area contributed by atoms with Crippen molar-refractivity contribution in [2.24, 2.45) is 5.92 Å². The topological polar surface area (TPSA) is 45.2 Å². The first kappa shape index (κ1) is 18.9. The van der Waals surface area contributed by atoms with Crippen molar-refractivity contribution in [3.05, 3.63) is 53.8 Å². The normalized spacial score (nSPS) is 15.4.